The first kappa shape index (κ1) is 12.8. The van der Waals surface area contributed by atoms with Gasteiger partial charge in [0.15, 0.2) is 0 Å². The predicted octanol–water partition coefficient (Wildman–Crippen LogP) is 1.02. The summed E-state index contributed by atoms with van der Waals surface area (Å²) in [5.41, 5.74) is 3.63. The van der Waals surface area contributed by atoms with E-state index in [1.165, 1.54) is 12.1 Å². The van der Waals surface area contributed by atoms with Gasteiger partial charge in [-0.3, -0.25) is 0 Å². The molecule has 0 bridgehead atoms. The van der Waals surface area contributed by atoms with Gasteiger partial charge in [-0.15, -0.1) is 0 Å². The Bertz CT molecular complexity index is 610. The van der Waals surface area contributed by atoms with Crippen LogP contribution in [0.25, 0.3) is 0 Å². The molecular weight excluding hydrogens is 278 g/mol. The minimum atomic E-state index is -3.73. The molecule has 96 valence electrons. The molecule has 8 heteroatoms. The molecule has 0 aliphatic carbocycles. The zero-order valence-electron chi connectivity index (χ0n) is 9.34. The van der Waals surface area contributed by atoms with Gasteiger partial charge in [0.1, 0.15) is 0 Å². The number of rotatable bonds is 2. The number of carbonyl (C=O) groups is 1. The summed E-state index contributed by atoms with van der Waals surface area (Å²) in [7, 11) is 1.49. The number of hydrogen-bond donors (Lipinski definition) is 2. The van der Waals surface area contributed by atoms with Crippen LogP contribution in [-0.2, 0) is 9.05 Å². The molecule has 1 aliphatic rings. The van der Waals surface area contributed by atoms with E-state index in [9.17, 15) is 13.2 Å². The van der Waals surface area contributed by atoms with Crippen molar-refractivity contribution >= 4 is 31.5 Å². The first-order valence-corrected chi connectivity index (χ1v) is 7.38. The van der Waals surface area contributed by atoms with Crippen LogP contribution in [-0.4, -0.2) is 26.2 Å². The van der Waals surface area contributed by atoms with Crippen LogP contribution in [0, 0.1) is 0 Å². The summed E-state index contributed by atoms with van der Waals surface area (Å²) in [5.74, 6) is 0. The number of halogens is 1. The molecule has 1 aromatic rings. The van der Waals surface area contributed by atoms with Crippen molar-refractivity contribution in [1.82, 2.24) is 10.7 Å². The molecule has 1 aromatic carbocycles. The van der Waals surface area contributed by atoms with E-state index in [2.05, 4.69) is 15.8 Å². The number of hydrazone groups is 1. The summed E-state index contributed by atoms with van der Waals surface area (Å²) in [4.78, 5) is 11.0. The fraction of sp³-hybridized carbons (Fsp3) is 0.200. The Kier molecular flexibility index (Phi) is 3.27. The lowest BCUT2D eigenvalue weighted by Gasteiger charge is -2.21. The Morgan fingerprint density at radius 2 is 1.89 bits per heavy atom. The second kappa shape index (κ2) is 4.58. The summed E-state index contributed by atoms with van der Waals surface area (Å²) in [6.07, 6.45) is 0. The van der Waals surface area contributed by atoms with Gasteiger partial charge in [0.05, 0.1) is 16.6 Å². The number of nitrogens with zero attached hydrogens (tertiary/aromatic N) is 1. The lowest BCUT2D eigenvalue weighted by molar-refractivity contribution is 0.239. The molecule has 0 spiro atoms. The molecule has 1 atom stereocenters. The molecule has 0 saturated heterocycles. The third kappa shape index (κ3) is 2.62. The van der Waals surface area contributed by atoms with Gasteiger partial charge < -0.3 is 5.32 Å². The van der Waals surface area contributed by atoms with Crippen molar-refractivity contribution < 1.29 is 13.2 Å². The number of carbonyl (C=O) groups excluding carboxylic acids is 1. The van der Waals surface area contributed by atoms with Crippen molar-refractivity contribution in [2.75, 3.05) is 0 Å². The maximum Gasteiger partial charge on any atom is 0.335 e. The summed E-state index contributed by atoms with van der Waals surface area (Å²) in [6.45, 7) is 1.78. The molecule has 2 rings (SSSR count). The van der Waals surface area contributed by atoms with Gasteiger partial charge in [-0.2, -0.15) is 5.10 Å². The molecule has 0 aromatic heterocycles. The Morgan fingerprint density at radius 3 is 2.39 bits per heavy atom. The van der Waals surface area contributed by atoms with E-state index >= 15 is 0 Å². The highest BCUT2D eigenvalue weighted by Gasteiger charge is 2.20. The zero-order chi connectivity index (χ0) is 13.3. The third-order valence-electron chi connectivity index (χ3n) is 2.47. The van der Waals surface area contributed by atoms with E-state index in [1.807, 2.05) is 0 Å². The highest BCUT2D eigenvalue weighted by Crippen LogP contribution is 2.16. The van der Waals surface area contributed by atoms with Crippen LogP contribution in [0.15, 0.2) is 34.3 Å². The van der Waals surface area contributed by atoms with E-state index in [1.54, 1.807) is 19.1 Å². The molecule has 0 saturated carbocycles. The molecule has 0 fully saturated rings. The van der Waals surface area contributed by atoms with Gasteiger partial charge in [0.2, 0.25) is 0 Å². The highest BCUT2D eigenvalue weighted by atomic mass is 35.7. The van der Waals surface area contributed by atoms with Crippen molar-refractivity contribution in [1.29, 1.82) is 0 Å². The van der Waals surface area contributed by atoms with Crippen LogP contribution in [0.1, 0.15) is 12.5 Å². The minimum Gasteiger partial charge on any atom is -0.328 e. The van der Waals surface area contributed by atoms with Gasteiger partial charge in [-0.25, -0.2) is 18.6 Å². The Labute approximate surface area is 108 Å². The van der Waals surface area contributed by atoms with Crippen LogP contribution >= 0.6 is 10.7 Å². The quantitative estimate of drug-likeness (QED) is 0.796. The van der Waals surface area contributed by atoms with Crippen molar-refractivity contribution in [2.24, 2.45) is 5.10 Å². The standard InChI is InChI=1S/C10H10ClN3O3S/c1-6-9(13-14-10(15)12-6)7-2-4-8(5-3-7)18(11,16)17/h2-6H,1H3,(H2,12,14,15). The molecule has 0 radical (unpaired) electrons. The monoisotopic (exact) mass is 287 g/mol. The molecule has 1 aliphatic heterocycles. The van der Waals surface area contributed by atoms with E-state index in [-0.39, 0.29) is 17.0 Å². The van der Waals surface area contributed by atoms with E-state index in [0.29, 0.717) is 11.3 Å². The molecule has 1 unspecified atom stereocenters. The topological polar surface area (TPSA) is 87.6 Å². The normalized spacial score (nSPS) is 19.8. The third-order valence-corrected chi connectivity index (χ3v) is 3.84. The first-order chi connectivity index (χ1) is 8.38. The van der Waals surface area contributed by atoms with Crippen LogP contribution in [0.5, 0.6) is 0 Å². The number of benzene rings is 1. The first-order valence-electron chi connectivity index (χ1n) is 5.07. The van der Waals surface area contributed by atoms with Crippen LogP contribution in [0.3, 0.4) is 0 Å². The maximum absolute atomic E-state index is 11.1. The van der Waals surface area contributed by atoms with Crippen molar-refractivity contribution in [3.63, 3.8) is 0 Å². The largest absolute Gasteiger partial charge is 0.335 e. The second-order valence-electron chi connectivity index (χ2n) is 3.77. The molecule has 1 heterocycles. The fourth-order valence-electron chi connectivity index (χ4n) is 1.61. The van der Waals surface area contributed by atoms with Crippen molar-refractivity contribution in [3.8, 4) is 0 Å². The number of nitrogens with one attached hydrogen (secondary N) is 2. The number of hydrogen-bond acceptors (Lipinski definition) is 4. The highest BCUT2D eigenvalue weighted by molar-refractivity contribution is 8.13. The summed E-state index contributed by atoms with van der Waals surface area (Å²) < 4.78 is 22.2. The molecule has 6 nitrogen and oxygen atoms in total. The lowest BCUT2D eigenvalue weighted by atomic mass is 10.0. The molecule has 2 amide bonds. The van der Waals surface area contributed by atoms with E-state index in [4.69, 9.17) is 10.7 Å². The molecule has 18 heavy (non-hydrogen) atoms. The smallest absolute Gasteiger partial charge is 0.328 e. The summed E-state index contributed by atoms with van der Waals surface area (Å²) >= 11 is 0. The second-order valence-corrected chi connectivity index (χ2v) is 6.33. The SMILES string of the molecule is CC1NC(=O)NN=C1c1ccc(S(=O)(=O)Cl)cc1. The Balaban J connectivity index is 2.33. The lowest BCUT2D eigenvalue weighted by Crippen LogP contribution is -2.48. The minimum absolute atomic E-state index is 0.0222. The Morgan fingerprint density at radius 1 is 1.28 bits per heavy atom. The van der Waals surface area contributed by atoms with Gasteiger partial charge in [0, 0.05) is 10.7 Å². The van der Waals surface area contributed by atoms with Gasteiger partial charge in [-0.05, 0) is 24.6 Å². The van der Waals surface area contributed by atoms with Crippen LogP contribution in [0.2, 0.25) is 0 Å². The van der Waals surface area contributed by atoms with Gasteiger partial charge in [-0.1, -0.05) is 12.1 Å². The molecular formula is C10H10ClN3O3S. The van der Waals surface area contributed by atoms with Crippen molar-refractivity contribution in [3.05, 3.63) is 29.8 Å². The average molecular weight is 288 g/mol. The number of amides is 2. The van der Waals surface area contributed by atoms with Crippen LogP contribution < -0.4 is 10.7 Å². The van der Waals surface area contributed by atoms with Gasteiger partial charge >= 0.3 is 6.03 Å². The van der Waals surface area contributed by atoms with Gasteiger partial charge in [0.25, 0.3) is 9.05 Å². The summed E-state index contributed by atoms with van der Waals surface area (Å²) in [6, 6.07) is 5.34. The summed E-state index contributed by atoms with van der Waals surface area (Å²) in [5, 5.41) is 6.57. The predicted molar refractivity (Wildman–Crippen MR) is 67.1 cm³/mol. The Hall–Kier alpha value is -1.60. The maximum atomic E-state index is 11.1. The van der Waals surface area contributed by atoms with Crippen molar-refractivity contribution in [2.45, 2.75) is 17.9 Å². The number of urea groups is 1. The van der Waals surface area contributed by atoms with E-state index in [0.717, 1.165) is 0 Å². The average Bonchev–Trinajstić information content (AvgIpc) is 2.28. The zero-order valence-corrected chi connectivity index (χ0v) is 10.9. The fourth-order valence-corrected chi connectivity index (χ4v) is 2.38. The molecule has 2 N–H and O–H groups in total. The van der Waals surface area contributed by atoms with Crippen LogP contribution in [0.4, 0.5) is 4.79 Å². The van der Waals surface area contributed by atoms with E-state index < -0.39 is 9.05 Å².